The van der Waals surface area contributed by atoms with Gasteiger partial charge < -0.3 is 11.1 Å². The maximum Gasteiger partial charge on any atom is 0.240 e. The molecule has 0 heterocycles. The predicted octanol–water partition coefficient (Wildman–Crippen LogP) is 2.57. The standard InChI is InChI=1S/C17H24N2O/c1-12-6-5-9-17(18,11-12)16(20)19-15-10-14(15)13-7-3-2-4-8-13/h2-4,7-8,12,14-15H,5-6,9-11,18H2,1H3,(H,19,20). The van der Waals surface area contributed by atoms with Gasteiger partial charge in [0.15, 0.2) is 0 Å². The van der Waals surface area contributed by atoms with E-state index in [4.69, 9.17) is 5.73 Å². The van der Waals surface area contributed by atoms with Gasteiger partial charge in [-0.2, -0.15) is 0 Å². The van der Waals surface area contributed by atoms with Crippen molar-refractivity contribution in [1.82, 2.24) is 5.32 Å². The molecule has 3 N–H and O–H groups in total. The largest absolute Gasteiger partial charge is 0.351 e. The molecule has 0 bridgehead atoms. The van der Waals surface area contributed by atoms with Crippen molar-refractivity contribution in [3.8, 4) is 0 Å². The van der Waals surface area contributed by atoms with Crippen LogP contribution in [-0.2, 0) is 4.79 Å². The minimum absolute atomic E-state index is 0.0625. The van der Waals surface area contributed by atoms with Crippen LogP contribution in [0.25, 0.3) is 0 Å². The first-order valence-corrected chi connectivity index (χ1v) is 7.73. The molecule has 0 aromatic heterocycles. The minimum Gasteiger partial charge on any atom is -0.351 e. The Hall–Kier alpha value is -1.35. The molecule has 4 atom stereocenters. The molecular formula is C17H24N2O. The van der Waals surface area contributed by atoms with Gasteiger partial charge in [0.2, 0.25) is 5.91 Å². The average molecular weight is 272 g/mol. The molecule has 1 amide bonds. The van der Waals surface area contributed by atoms with E-state index in [-0.39, 0.29) is 11.9 Å². The van der Waals surface area contributed by atoms with Gasteiger partial charge in [0.25, 0.3) is 0 Å². The molecule has 2 aliphatic rings. The highest BCUT2D eigenvalue weighted by Crippen LogP contribution is 2.41. The topological polar surface area (TPSA) is 55.1 Å². The molecule has 2 saturated carbocycles. The average Bonchev–Trinajstić information content (AvgIpc) is 3.19. The Bertz CT molecular complexity index is 487. The van der Waals surface area contributed by atoms with E-state index in [2.05, 4.69) is 36.5 Å². The van der Waals surface area contributed by atoms with E-state index in [1.807, 2.05) is 6.07 Å². The summed E-state index contributed by atoms with van der Waals surface area (Å²) in [7, 11) is 0. The zero-order valence-corrected chi connectivity index (χ0v) is 12.1. The smallest absolute Gasteiger partial charge is 0.240 e. The first-order chi connectivity index (χ1) is 9.58. The van der Waals surface area contributed by atoms with Crippen LogP contribution in [0.15, 0.2) is 30.3 Å². The minimum atomic E-state index is -0.637. The molecule has 0 saturated heterocycles. The Balaban J connectivity index is 1.58. The van der Waals surface area contributed by atoms with Crippen LogP contribution in [-0.4, -0.2) is 17.5 Å². The van der Waals surface area contributed by atoms with Crippen molar-refractivity contribution in [3.05, 3.63) is 35.9 Å². The van der Waals surface area contributed by atoms with Gasteiger partial charge in [-0.05, 0) is 30.7 Å². The maximum atomic E-state index is 12.5. The van der Waals surface area contributed by atoms with Gasteiger partial charge in [-0.1, -0.05) is 50.1 Å². The second-order valence-electron chi connectivity index (χ2n) is 6.69. The van der Waals surface area contributed by atoms with E-state index in [0.717, 1.165) is 25.7 Å². The van der Waals surface area contributed by atoms with E-state index in [0.29, 0.717) is 11.8 Å². The van der Waals surface area contributed by atoms with Crippen LogP contribution in [0.3, 0.4) is 0 Å². The summed E-state index contributed by atoms with van der Waals surface area (Å²) in [5.74, 6) is 1.10. The van der Waals surface area contributed by atoms with Crippen LogP contribution in [0.4, 0.5) is 0 Å². The van der Waals surface area contributed by atoms with Gasteiger partial charge in [-0.25, -0.2) is 0 Å². The number of hydrogen-bond donors (Lipinski definition) is 2. The van der Waals surface area contributed by atoms with E-state index in [1.54, 1.807) is 0 Å². The molecule has 1 aromatic carbocycles. The Morgan fingerprint density at radius 1 is 1.35 bits per heavy atom. The third-order valence-electron chi connectivity index (χ3n) is 4.82. The van der Waals surface area contributed by atoms with Crippen LogP contribution in [0.5, 0.6) is 0 Å². The van der Waals surface area contributed by atoms with Gasteiger partial charge >= 0.3 is 0 Å². The summed E-state index contributed by atoms with van der Waals surface area (Å²) < 4.78 is 0. The lowest BCUT2D eigenvalue weighted by Crippen LogP contribution is -2.56. The van der Waals surface area contributed by atoms with Gasteiger partial charge in [0, 0.05) is 12.0 Å². The van der Waals surface area contributed by atoms with Gasteiger partial charge in [0.1, 0.15) is 0 Å². The fourth-order valence-electron chi connectivity index (χ4n) is 3.53. The second kappa shape index (κ2) is 5.21. The Morgan fingerprint density at radius 2 is 2.10 bits per heavy atom. The fraction of sp³-hybridized carbons (Fsp3) is 0.588. The zero-order chi connectivity index (χ0) is 14.2. The summed E-state index contributed by atoms with van der Waals surface area (Å²) in [5.41, 5.74) is 7.02. The molecule has 4 unspecified atom stereocenters. The summed E-state index contributed by atoms with van der Waals surface area (Å²) in [5, 5.41) is 3.17. The molecule has 0 aliphatic heterocycles. The molecule has 2 fully saturated rings. The lowest BCUT2D eigenvalue weighted by molar-refractivity contribution is -0.128. The van der Waals surface area contributed by atoms with Crippen molar-refractivity contribution in [2.45, 2.75) is 56.5 Å². The van der Waals surface area contributed by atoms with Crippen LogP contribution in [0.2, 0.25) is 0 Å². The highest BCUT2D eigenvalue weighted by molar-refractivity contribution is 5.86. The summed E-state index contributed by atoms with van der Waals surface area (Å²) in [6, 6.07) is 10.7. The van der Waals surface area contributed by atoms with E-state index >= 15 is 0 Å². The summed E-state index contributed by atoms with van der Waals surface area (Å²) in [4.78, 5) is 12.5. The fourth-order valence-corrected chi connectivity index (χ4v) is 3.53. The number of amides is 1. The predicted molar refractivity (Wildman–Crippen MR) is 80.3 cm³/mol. The normalized spacial score (nSPS) is 36.4. The van der Waals surface area contributed by atoms with Crippen LogP contribution in [0, 0.1) is 5.92 Å². The molecule has 3 heteroatoms. The van der Waals surface area contributed by atoms with Crippen molar-refractivity contribution in [2.75, 3.05) is 0 Å². The Labute approximate surface area is 120 Å². The summed E-state index contributed by atoms with van der Waals surface area (Å²) in [6.45, 7) is 2.19. The SMILES string of the molecule is CC1CCCC(N)(C(=O)NC2CC2c2ccccc2)C1. The molecule has 0 spiro atoms. The van der Waals surface area contributed by atoms with Crippen LogP contribution >= 0.6 is 0 Å². The molecule has 3 rings (SSSR count). The van der Waals surface area contributed by atoms with Crippen molar-refractivity contribution < 1.29 is 4.79 Å². The second-order valence-corrected chi connectivity index (χ2v) is 6.69. The lowest BCUT2D eigenvalue weighted by Gasteiger charge is -2.35. The van der Waals surface area contributed by atoms with Crippen molar-refractivity contribution in [1.29, 1.82) is 0 Å². The lowest BCUT2D eigenvalue weighted by atomic mass is 9.76. The maximum absolute atomic E-state index is 12.5. The number of nitrogens with two attached hydrogens (primary N) is 1. The van der Waals surface area contributed by atoms with Crippen LogP contribution < -0.4 is 11.1 Å². The number of benzene rings is 1. The number of carbonyl (C=O) groups is 1. The van der Waals surface area contributed by atoms with E-state index in [1.165, 1.54) is 12.0 Å². The number of carbonyl (C=O) groups excluding carboxylic acids is 1. The molecule has 3 nitrogen and oxygen atoms in total. The summed E-state index contributed by atoms with van der Waals surface area (Å²) in [6.07, 6.45) is 4.95. The number of nitrogens with one attached hydrogen (secondary N) is 1. The number of hydrogen-bond acceptors (Lipinski definition) is 2. The van der Waals surface area contributed by atoms with E-state index in [9.17, 15) is 4.79 Å². The molecule has 20 heavy (non-hydrogen) atoms. The molecule has 0 radical (unpaired) electrons. The number of rotatable bonds is 3. The first-order valence-electron chi connectivity index (χ1n) is 7.73. The highest BCUT2D eigenvalue weighted by atomic mass is 16.2. The zero-order valence-electron chi connectivity index (χ0n) is 12.1. The third kappa shape index (κ3) is 2.73. The van der Waals surface area contributed by atoms with Gasteiger partial charge in [0.05, 0.1) is 5.54 Å². The molecular weight excluding hydrogens is 248 g/mol. The molecule has 108 valence electrons. The van der Waals surface area contributed by atoms with Crippen molar-refractivity contribution in [2.24, 2.45) is 11.7 Å². The monoisotopic (exact) mass is 272 g/mol. The van der Waals surface area contributed by atoms with Gasteiger partial charge in [-0.3, -0.25) is 4.79 Å². The van der Waals surface area contributed by atoms with E-state index < -0.39 is 5.54 Å². The van der Waals surface area contributed by atoms with Gasteiger partial charge in [-0.15, -0.1) is 0 Å². The third-order valence-corrected chi connectivity index (χ3v) is 4.82. The molecule has 2 aliphatic carbocycles. The van der Waals surface area contributed by atoms with Crippen LogP contribution in [0.1, 0.15) is 50.5 Å². The molecule has 1 aromatic rings. The Kier molecular flexibility index (Phi) is 3.55. The highest BCUT2D eigenvalue weighted by Gasteiger charge is 2.44. The Morgan fingerprint density at radius 3 is 2.80 bits per heavy atom. The quantitative estimate of drug-likeness (QED) is 0.888. The van der Waals surface area contributed by atoms with Crippen molar-refractivity contribution >= 4 is 5.91 Å². The summed E-state index contributed by atoms with van der Waals surface area (Å²) >= 11 is 0. The van der Waals surface area contributed by atoms with Crippen molar-refractivity contribution in [3.63, 3.8) is 0 Å². The first kappa shape index (κ1) is 13.6.